The van der Waals surface area contributed by atoms with E-state index in [0.717, 1.165) is 31.2 Å². The number of hydrogen-bond donors (Lipinski definition) is 5. The van der Waals surface area contributed by atoms with Gasteiger partial charge in [-0.1, -0.05) is 96.2 Å². The molecule has 0 aliphatic heterocycles. The lowest BCUT2D eigenvalue weighted by molar-refractivity contribution is -0.131. The van der Waals surface area contributed by atoms with Gasteiger partial charge in [-0.15, -0.1) is 6.58 Å². The summed E-state index contributed by atoms with van der Waals surface area (Å²) >= 11 is 0. The van der Waals surface area contributed by atoms with Gasteiger partial charge in [0, 0.05) is 24.7 Å². The molecule has 1 aromatic carbocycles. The summed E-state index contributed by atoms with van der Waals surface area (Å²) in [4.78, 5) is 47.6. The van der Waals surface area contributed by atoms with E-state index < -0.39 is 42.1 Å². The normalized spacial score (nSPS) is 17.0. The summed E-state index contributed by atoms with van der Waals surface area (Å²) in [7, 11) is 0. The van der Waals surface area contributed by atoms with E-state index in [0.29, 0.717) is 30.4 Å². The SMILES string of the molecule is C=C[C@@H](C[C@H](O)[C@H](CC1CCCCC1)NC(=O)[C@H](Cc1cnc[nH]1)NC(=O)[C@H](Cc1ccccc1)NC(=O)OCC(C)C)C(C)C. The van der Waals surface area contributed by atoms with Gasteiger partial charge < -0.3 is 30.8 Å². The molecule has 46 heavy (non-hydrogen) atoms. The van der Waals surface area contributed by atoms with E-state index in [9.17, 15) is 19.5 Å². The minimum absolute atomic E-state index is 0.0986. The second kappa shape index (κ2) is 19.1. The molecule has 0 unspecified atom stereocenters. The maximum atomic E-state index is 14.0. The van der Waals surface area contributed by atoms with Crippen LogP contribution in [-0.4, -0.2) is 63.8 Å². The molecule has 3 rings (SSSR count). The Morgan fingerprint density at radius 1 is 1.00 bits per heavy atom. The van der Waals surface area contributed by atoms with E-state index in [4.69, 9.17) is 4.74 Å². The van der Waals surface area contributed by atoms with E-state index >= 15 is 0 Å². The van der Waals surface area contributed by atoms with Gasteiger partial charge in [-0.25, -0.2) is 9.78 Å². The van der Waals surface area contributed by atoms with Gasteiger partial charge in [0.2, 0.25) is 11.8 Å². The fraction of sp³-hybridized carbons (Fsp3) is 0.611. The van der Waals surface area contributed by atoms with Crippen molar-refractivity contribution in [1.82, 2.24) is 25.9 Å². The number of aliphatic hydroxyl groups is 1. The second-order valence-electron chi connectivity index (χ2n) is 13.5. The highest BCUT2D eigenvalue weighted by Gasteiger charge is 2.33. The summed E-state index contributed by atoms with van der Waals surface area (Å²) in [5.74, 6) is 0.0263. The lowest BCUT2D eigenvalue weighted by Crippen LogP contribution is -2.57. The molecule has 0 bridgehead atoms. The summed E-state index contributed by atoms with van der Waals surface area (Å²) < 4.78 is 5.31. The van der Waals surface area contributed by atoms with E-state index in [-0.39, 0.29) is 31.3 Å². The lowest BCUT2D eigenvalue weighted by atomic mass is 9.81. The molecule has 10 nitrogen and oxygen atoms in total. The molecular formula is C36H55N5O5. The quantitative estimate of drug-likeness (QED) is 0.144. The first-order valence-corrected chi connectivity index (χ1v) is 16.9. The van der Waals surface area contributed by atoms with E-state index in [2.05, 4.69) is 46.3 Å². The predicted molar refractivity (Wildman–Crippen MR) is 180 cm³/mol. The van der Waals surface area contributed by atoms with Crippen LogP contribution in [0.2, 0.25) is 0 Å². The molecular weight excluding hydrogens is 582 g/mol. The molecule has 0 spiro atoms. The van der Waals surface area contributed by atoms with Crippen molar-refractivity contribution in [2.75, 3.05) is 6.61 Å². The van der Waals surface area contributed by atoms with Crippen LogP contribution in [0.4, 0.5) is 4.79 Å². The first-order valence-electron chi connectivity index (χ1n) is 16.9. The number of alkyl carbamates (subject to hydrolysis) is 1. The van der Waals surface area contributed by atoms with Crippen LogP contribution in [0.1, 0.15) is 83.9 Å². The molecule has 1 aliphatic carbocycles. The molecule has 5 N–H and O–H groups in total. The maximum absolute atomic E-state index is 14.0. The fourth-order valence-corrected chi connectivity index (χ4v) is 6.04. The summed E-state index contributed by atoms with van der Waals surface area (Å²) in [5.41, 5.74) is 1.51. The first-order chi connectivity index (χ1) is 22.0. The van der Waals surface area contributed by atoms with Crippen LogP contribution in [0.15, 0.2) is 55.5 Å². The molecule has 1 aromatic heterocycles. The van der Waals surface area contributed by atoms with E-state index in [1.54, 1.807) is 6.20 Å². The molecule has 3 amide bonds. The number of H-pyrrole nitrogens is 1. The van der Waals surface area contributed by atoms with Crippen LogP contribution >= 0.6 is 0 Å². The first kappa shape index (κ1) is 36.8. The highest BCUT2D eigenvalue weighted by molar-refractivity contribution is 5.91. The van der Waals surface area contributed by atoms with Gasteiger partial charge >= 0.3 is 6.09 Å². The Balaban J connectivity index is 1.82. The number of amides is 3. The molecule has 1 heterocycles. The zero-order chi connectivity index (χ0) is 33.5. The number of nitrogens with zero attached hydrogens (tertiary/aromatic N) is 1. The average molecular weight is 638 g/mol. The topological polar surface area (TPSA) is 145 Å². The average Bonchev–Trinajstić information content (AvgIpc) is 3.55. The van der Waals surface area contributed by atoms with Crippen molar-refractivity contribution in [2.45, 2.75) is 110 Å². The molecule has 2 aromatic rings. The third kappa shape index (κ3) is 12.6. The number of benzene rings is 1. The number of hydrogen-bond acceptors (Lipinski definition) is 6. The number of carbonyl (C=O) groups excluding carboxylic acids is 3. The number of rotatable bonds is 18. The van der Waals surface area contributed by atoms with Gasteiger partial charge in [0.25, 0.3) is 0 Å². The van der Waals surface area contributed by atoms with Crippen LogP contribution in [0.5, 0.6) is 0 Å². The number of nitrogens with one attached hydrogen (secondary N) is 4. The molecule has 254 valence electrons. The van der Waals surface area contributed by atoms with Crippen molar-refractivity contribution in [2.24, 2.45) is 23.7 Å². The van der Waals surface area contributed by atoms with E-state index in [1.807, 2.05) is 50.3 Å². The third-order valence-corrected chi connectivity index (χ3v) is 8.83. The number of imidazole rings is 1. The van der Waals surface area contributed by atoms with Crippen LogP contribution < -0.4 is 16.0 Å². The number of aromatic nitrogens is 2. The summed E-state index contributed by atoms with van der Waals surface area (Å²) in [6.45, 7) is 12.2. The monoisotopic (exact) mass is 637 g/mol. The zero-order valence-corrected chi connectivity index (χ0v) is 28.0. The van der Waals surface area contributed by atoms with Crippen LogP contribution in [0.3, 0.4) is 0 Å². The van der Waals surface area contributed by atoms with Crippen molar-refractivity contribution in [1.29, 1.82) is 0 Å². The Morgan fingerprint density at radius 2 is 1.67 bits per heavy atom. The van der Waals surface area contributed by atoms with Gasteiger partial charge in [-0.05, 0) is 42.1 Å². The summed E-state index contributed by atoms with van der Waals surface area (Å²) in [5, 5.41) is 20.2. The standard InChI is InChI=1S/C36H55N5O5/c1-6-28(25(4)5)19-33(42)30(17-26-13-9-7-10-14-26)39-35(44)32(20-29-21-37-23-38-29)40-34(43)31(18-27-15-11-8-12-16-27)41-36(45)46-22-24(2)3/h6,8,11-12,15-16,21,23-26,28,30-33,42H,1,7,9-10,13-14,17-20,22H2,2-5H3,(H,37,38)(H,39,44)(H,40,43)(H,41,45)/t28-,30-,31-,32-,33-/m0/s1. The van der Waals surface area contributed by atoms with Crippen LogP contribution in [0, 0.1) is 23.7 Å². The van der Waals surface area contributed by atoms with Gasteiger partial charge in [0.1, 0.15) is 12.1 Å². The maximum Gasteiger partial charge on any atom is 0.407 e. The Bertz CT molecular complexity index is 1200. The molecule has 1 aliphatic rings. The van der Waals surface area contributed by atoms with Gasteiger partial charge in [-0.2, -0.15) is 0 Å². The molecule has 0 radical (unpaired) electrons. The number of carbonyl (C=O) groups is 3. The van der Waals surface area contributed by atoms with Gasteiger partial charge in [-0.3, -0.25) is 9.59 Å². The largest absolute Gasteiger partial charge is 0.449 e. The highest BCUT2D eigenvalue weighted by atomic mass is 16.5. The van der Waals surface area contributed by atoms with Crippen molar-refractivity contribution in [3.05, 3.63) is 66.8 Å². The third-order valence-electron chi connectivity index (χ3n) is 8.83. The van der Waals surface area contributed by atoms with Crippen molar-refractivity contribution in [3.8, 4) is 0 Å². The molecule has 0 saturated heterocycles. The number of ether oxygens (including phenoxy) is 1. The zero-order valence-electron chi connectivity index (χ0n) is 28.0. The summed E-state index contributed by atoms with van der Waals surface area (Å²) in [6.07, 6.45) is 10.7. The fourth-order valence-electron chi connectivity index (χ4n) is 6.04. The van der Waals surface area contributed by atoms with Gasteiger partial charge in [0.15, 0.2) is 0 Å². The Morgan fingerprint density at radius 3 is 2.28 bits per heavy atom. The van der Waals surface area contributed by atoms with E-state index in [1.165, 1.54) is 12.7 Å². The predicted octanol–water partition coefficient (Wildman–Crippen LogP) is 5.09. The molecule has 1 saturated carbocycles. The molecule has 1 fully saturated rings. The minimum atomic E-state index is -0.985. The number of aliphatic hydroxyl groups excluding tert-OH is 1. The minimum Gasteiger partial charge on any atom is -0.449 e. The number of aromatic amines is 1. The smallest absolute Gasteiger partial charge is 0.407 e. The van der Waals surface area contributed by atoms with Crippen molar-refractivity contribution in [3.63, 3.8) is 0 Å². The molecule has 5 atom stereocenters. The molecule has 10 heteroatoms. The van der Waals surface area contributed by atoms with Gasteiger partial charge in [0.05, 0.1) is 25.1 Å². The summed E-state index contributed by atoms with van der Waals surface area (Å²) in [6, 6.07) is 6.91. The second-order valence-corrected chi connectivity index (χ2v) is 13.5. The van der Waals surface area contributed by atoms with Crippen molar-refractivity contribution < 1.29 is 24.2 Å². The van der Waals surface area contributed by atoms with Crippen molar-refractivity contribution >= 4 is 17.9 Å². The highest BCUT2D eigenvalue weighted by Crippen LogP contribution is 2.30. The Hall–Kier alpha value is -3.66. The van der Waals surface area contributed by atoms with Crippen LogP contribution in [-0.2, 0) is 27.2 Å². The number of allylic oxidation sites excluding steroid dienone is 1. The Labute approximate surface area is 274 Å². The lowest BCUT2D eigenvalue weighted by Gasteiger charge is -2.33. The van der Waals surface area contributed by atoms with Crippen LogP contribution in [0.25, 0.3) is 0 Å². The Kier molecular flexibility index (Phi) is 15.3.